The largest absolute Gasteiger partial charge is 0.341 e. The van der Waals surface area contributed by atoms with Crippen molar-refractivity contribution in [3.05, 3.63) is 0 Å². The number of hydrogen-bond donors (Lipinski definition) is 1. The molecule has 0 spiro atoms. The molecule has 0 aromatic rings. The van der Waals surface area contributed by atoms with Crippen LogP contribution in [0.2, 0.25) is 0 Å². The minimum absolute atomic E-state index is 0.236. The molecule has 2 aliphatic rings. The first-order valence-electron chi connectivity index (χ1n) is 7.60. The normalized spacial score (nSPS) is 31.6. The Hall–Kier alpha value is -0.570. The second kappa shape index (κ2) is 5.20. The lowest BCUT2D eigenvalue weighted by Gasteiger charge is -2.42. The van der Waals surface area contributed by atoms with Gasteiger partial charge in [-0.3, -0.25) is 4.79 Å². The summed E-state index contributed by atoms with van der Waals surface area (Å²) in [4.78, 5) is 14.8. The van der Waals surface area contributed by atoms with E-state index >= 15 is 0 Å². The van der Waals surface area contributed by atoms with Crippen LogP contribution in [0.25, 0.3) is 0 Å². The lowest BCUT2D eigenvalue weighted by Crippen LogP contribution is -2.56. The van der Waals surface area contributed by atoms with E-state index in [1.807, 2.05) is 0 Å². The van der Waals surface area contributed by atoms with Gasteiger partial charge in [-0.2, -0.15) is 0 Å². The fraction of sp³-hybridized carbons (Fsp3) is 0.933. The summed E-state index contributed by atoms with van der Waals surface area (Å²) < 4.78 is 0. The Labute approximate surface area is 111 Å². The van der Waals surface area contributed by atoms with Crippen molar-refractivity contribution in [2.45, 2.75) is 64.8 Å². The Morgan fingerprint density at radius 3 is 2.28 bits per heavy atom. The maximum absolute atomic E-state index is 12.7. The van der Waals surface area contributed by atoms with Gasteiger partial charge < -0.3 is 10.2 Å². The maximum Gasteiger partial charge on any atom is 0.242 e. The van der Waals surface area contributed by atoms with Gasteiger partial charge in [0.05, 0.1) is 5.54 Å². The van der Waals surface area contributed by atoms with E-state index in [1.165, 1.54) is 6.42 Å². The van der Waals surface area contributed by atoms with Crippen LogP contribution in [0.1, 0.15) is 59.3 Å². The van der Waals surface area contributed by atoms with Crippen LogP contribution in [0.4, 0.5) is 0 Å². The van der Waals surface area contributed by atoms with Gasteiger partial charge in [0.25, 0.3) is 0 Å². The van der Waals surface area contributed by atoms with Crippen molar-refractivity contribution in [2.75, 3.05) is 19.6 Å². The second-order valence-electron chi connectivity index (χ2n) is 6.42. The highest BCUT2D eigenvalue weighted by Gasteiger charge is 2.43. The van der Waals surface area contributed by atoms with Crippen LogP contribution in [0.3, 0.4) is 0 Å². The van der Waals surface area contributed by atoms with Crippen LogP contribution in [0, 0.1) is 5.41 Å². The van der Waals surface area contributed by atoms with Crippen molar-refractivity contribution >= 4 is 5.91 Å². The Bertz CT molecular complexity index is 300. The first-order chi connectivity index (χ1) is 8.55. The SMILES string of the molecule is CCC1(C)CCN(C(=O)C2(CC)CCCN2)CC1. The fourth-order valence-corrected chi connectivity index (χ4v) is 3.35. The highest BCUT2D eigenvalue weighted by Crippen LogP contribution is 2.35. The van der Waals surface area contributed by atoms with Gasteiger partial charge in [0.1, 0.15) is 0 Å². The van der Waals surface area contributed by atoms with Crippen LogP contribution in [-0.2, 0) is 4.79 Å². The number of carbonyl (C=O) groups excluding carboxylic acids is 1. The average Bonchev–Trinajstić information content (AvgIpc) is 2.89. The fourth-order valence-electron chi connectivity index (χ4n) is 3.35. The molecule has 0 aromatic heterocycles. The van der Waals surface area contributed by atoms with Crippen molar-refractivity contribution in [1.82, 2.24) is 10.2 Å². The predicted molar refractivity (Wildman–Crippen MR) is 74.5 cm³/mol. The van der Waals surface area contributed by atoms with Gasteiger partial charge in [-0.15, -0.1) is 0 Å². The molecule has 0 aliphatic carbocycles. The Balaban J connectivity index is 1.99. The number of hydrogen-bond acceptors (Lipinski definition) is 2. The highest BCUT2D eigenvalue weighted by atomic mass is 16.2. The molecule has 2 heterocycles. The molecule has 2 aliphatic heterocycles. The lowest BCUT2D eigenvalue weighted by molar-refractivity contribution is -0.140. The van der Waals surface area contributed by atoms with Gasteiger partial charge in [0, 0.05) is 13.1 Å². The summed E-state index contributed by atoms with van der Waals surface area (Å²) in [5.41, 5.74) is 0.221. The smallest absolute Gasteiger partial charge is 0.242 e. The maximum atomic E-state index is 12.7. The number of piperidine rings is 1. The van der Waals surface area contributed by atoms with E-state index in [2.05, 4.69) is 31.0 Å². The summed E-state index contributed by atoms with van der Waals surface area (Å²) >= 11 is 0. The molecular weight excluding hydrogens is 224 g/mol. The number of carbonyl (C=O) groups is 1. The molecule has 0 radical (unpaired) electrons. The van der Waals surface area contributed by atoms with Crippen molar-refractivity contribution in [3.63, 3.8) is 0 Å². The zero-order chi connectivity index (χ0) is 13.2. The Morgan fingerprint density at radius 2 is 1.83 bits per heavy atom. The quantitative estimate of drug-likeness (QED) is 0.837. The van der Waals surface area contributed by atoms with Gasteiger partial charge in [-0.25, -0.2) is 0 Å². The first-order valence-corrected chi connectivity index (χ1v) is 7.60. The standard InChI is InChI=1S/C15H28N2O/c1-4-14(3)8-11-17(12-9-14)13(18)15(5-2)7-6-10-16-15/h16H,4-12H2,1-3H3. The third-order valence-corrected chi connectivity index (χ3v) is 5.37. The van der Waals surface area contributed by atoms with E-state index in [0.717, 1.165) is 51.7 Å². The number of rotatable bonds is 3. The monoisotopic (exact) mass is 252 g/mol. The molecule has 2 saturated heterocycles. The van der Waals surface area contributed by atoms with Crippen molar-refractivity contribution in [2.24, 2.45) is 5.41 Å². The number of nitrogens with one attached hydrogen (secondary N) is 1. The van der Waals surface area contributed by atoms with Gasteiger partial charge in [-0.05, 0) is 44.1 Å². The molecule has 18 heavy (non-hydrogen) atoms. The van der Waals surface area contributed by atoms with E-state index in [9.17, 15) is 4.79 Å². The third kappa shape index (κ3) is 2.42. The molecule has 0 saturated carbocycles. The molecule has 0 aromatic carbocycles. The Kier molecular flexibility index (Phi) is 4.00. The molecule has 2 fully saturated rings. The summed E-state index contributed by atoms with van der Waals surface area (Å²) in [5, 5.41) is 3.46. The van der Waals surface area contributed by atoms with Crippen molar-refractivity contribution in [1.29, 1.82) is 0 Å². The molecule has 1 atom stereocenters. The summed E-state index contributed by atoms with van der Waals surface area (Å²) in [6.07, 6.45) is 6.63. The molecule has 104 valence electrons. The minimum atomic E-state index is -0.236. The average molecular weight is 252 g/mol. The lowest BCUT2D eigenvalue weighted by atomic mass is 9.77. The molecule has 2 rings (SSSR count). The number of amides is 1. The van der Waals surface area contributed by atoms with Crippen LogP contribution >= 0.6 is 0 Å². The van der Waals surface area contributed by atoms with Crippen LogP contribution in [0.15, 0.2) is 0 Å². The van der Waals surface area contributed by atoms with Gasteiger partial charge in [0.15, 0.2) is 0 Å². The summed E-state index contributed by atoms with van der Waals surface area (Å²) in [6, 6.07) is 0. The van der Waals surface area contributed by atoms with E-state index in [0.29, 0.717) is 11.3 Å². The molecule has 3 heteroatoms. The van der Waals surface area contributed by atoms with E-state index < -0.39 is 0 Å². The second-order valence-corrected chi connectivity index (χ2v) is 6.42. The van der Waals surface area contributed by atoms with Crippen LogP contribution in [-0.4, -0.2) is 36.0 Å². The van der Waals surface area contributed by atoms with E-state index in [-0.39, 0.29) is 5.54 Å². The third-order valence-electron chi connectivity index (χ3n) is 5.37. The number of nitrogens with zero attached hydrogens (tertiary/aromatic N) is 1. The van der Waals surface area contributed by atoms with Gasteiger partial charge in [-0.1, -0.05) is 27.2 Å². The van der Waals surface area contributed by atoms with Crippen molar-refractivity contribution in [3.8, 4) is 0 Å². The Morgan fingerprint density at radius 1 is 1.17 bits per heavy atom. The summed E-state index contributed by atoms with van der Waals surface area (Å²) in [5.74, 6) is 0.362. The van der Waals surface area contributed by atoms with Crippen molar-refractivity contribution < 1.29 is 4.79 Å². The van der Waals surface area contributed by atoms with E-state index in [1.54, 1.807) is 0 Å². The van der Waals surface area contributed by atoms with Crippen LogP contribution < -0.4 is 5.32 Å². The minimum Gasteiger partial charge on any atom is -0.341 e. The molecule has 0 bridgehead atoms. The molecule has 1 N–H and O–H groups in total. The molecule has 1 amide bonds. The number of likely N-dealkylation sites (tertiary alicyclic amines) is 1. The topological polar surface area (TPSA) is 32.3 Å². The van der Waals surface area contributed by atoms with Gasteiger partial charge in [0.2, 0.25) is 5.91 Å². The predicted octanol–water partition coefficient (Wildman–Crippen LogP) is 2.56. The molecular formula is C15H28N2O. The zero-order valence-corrected chi connectivity index (χ0v) is 12.2. The first kappa shape index (κ1) is 13.9. The van der Waals surface area contributed by atoms with Crippen LogP contribution in [0.5, 0.6) is 0 Å². The van der Waals surface area contributed by atoms with E-state index in [4.69, 9.17) is 0 Å². The summed E-state index contributed by atoms with van der Waals surface area (Å²) in [7, 11) is 0. The molecule has 3 nitrogen and oxygen atoms in total. The van der Waals surface area contributed by atoms with Gasteiger partial charge >= 0.3 is 0 Å². The molecule has 1 unspecified atom stereocenters. The zero-order valence-electron chi connectivity index (χ0n) is 12.2. The highest BCUT2D eigenvalue weighted by molar-refractivity contribution is 5.86. The summed E-state index contributed by atoms with van der Waals surface area (Å²) in [6.45, 7) is 9.66.